The van der Waals surface area contributed by atoms with Gasteiger partial charge in [0, 0.05) is 21.5 Å². The highest BCUT2D eigenvalue weighted by Gasteiger charge is 2.21. The molecule has 1 aromatic heterocycles. The maximum Gasteiger partial charge on any atom is 0.249 e. The summed E-state index contributed by atoms with van der Waals surface area (Å²) in [5.41, 5.74) is 2.28. The second-order valence-electron chi connectivity index (χ2n) is 5.86. The number of nitrogens with zero attached hydrogens (tertiary/aromatic N) is 1. The van der Waals surface area contributed by atoms with Gasteiger partial charge in [-0.15, -0.1) is 11.3 Å². The molecule has 1 heterocycles. The lowest BCUT2D eigenvalue weighted by Gasteiger charge is -2.09. The number of hydrogen-bond donors (Lipinski definition) is 1. The molecule has 134 valence electrons. The molecule has 1 amide bonds. The molecule has 1 aromatic carbocycles. The number of hydrogen-bond acceptors (Lipinski definition) is 4. The van der Waals surface area contributed by atoms with Gasteiger partial charge in [-0.05, 0) is 49.5 Å². The van der Waals surface area contributed by atoms with Crippen molar-refractivity contribution in [3.8, 4) is 11.8 Å². The van der Waals surface area contributed by atoms with E-state index < -0.39 is 0 Å². The largest absolute Gasteiger partial charge is 0.495 e. The van der Waals surface area contributed by atoms with Crippen LogP contribution in [0.1, 0.15) is 34.4 Å². The SMILES string of the molecule is COc1c(Cl)cc(Cl)cc1/C=C/C(=O)Nc1sc2c(c1C#N)CCCC2. The lowest BCUT2D eigenvalue weighted by molar-refractivity contribution is -0.111. The number of nitrogens with one attached hydrogen (secondary N) is 1. The van der Waals surface area contributed by atoms with E-state index in [1.807, 2.05) is 0 Å². The fraction of sp³-hybridized carbons (Fsp3) is 0.263. The number of methoxy groups -OCH3 is 1. The predicted molar refractivity (Wildman–Crippen MR) is 106 cm³/mol. The first-order chi connectivity index (χ1) is 12.5. The van der Waals surface area contributed by atoms with Gasteiger partial charge in [0.15, 0.2) is 0 Å². The molecule has 0 fully saturated rings. The first kappa shape index (κ1) is 18.8. The van der Waals surface area contributed by atoms with Gasteiger partial charge in [-0.2, -0.15) is 5.26 Å². The van der Waals surface area contributed by atoms with Crippen molar-refractivity contribution in [3.05, 3.63) is 49.8 Å². The van der Waals surface area contributed by atoms with E-state index in [2.05, 4.69) is 11.4 Å². The number of fused-ring (bicyclic) bond motifs is 1. The number of amides is 1. The molecule has 0 bridgehead atoms. The van der Waals surface area contributed by atoms with Gasteiger partial charge in [0.1, 0.15) is 16.8 Å². The van der Waals surface area contributed by atoms with Gasteiger partial charge in [0.25, 0.3) is 0 Å². The molecule has 0 aliphatic heterocycles. The maximum absolute atomic E-state index is 12.3. The van der Waals surface area contributed by atoms with Crippen molar-refractivity contribution in [2.45, 2.75) is 25.7 Å². The van der Waals surface area contributed by atoms with Gasteiger partial charge >= 0.3 is 0 Å². The van der Waals surface area contributed by atoms with Crippen LogP contribution in [0.5, 0.6) is 5.75 Å². The summed E-state index contributed by atoms with van der Waals surface area (Å²) in [4.78, 5) is 13.5. The Hall–Kier alpha value is -2.00. The van der Waals surface area contributed by atoms with E-state index in [-0.39, 0.29) is 5.91 Å². The molecule has 3 rings (SSSR count). The van der Waals surface area contributed by atoms with E-state index in [4.69, 9.17) is 27.9 Å². The van der Waals surface area contributed by atoms with Gasteiger partial charge in [0.05, 0.1) is 17.7 Å². The van der Waals surface area contributed by atoms with Crippen LogP contribution in [0.3, 0.4) is 0 Å². The van der Waals surface area contributed by atoms with Crippen molar-refractivity contribution in [2.75, 3.05) is 12.4 Å². The van der Waals surface area contributed by atoms with Gasteiger partial charge in [-0.25, -0.2) is 0 Å². The van der Waals surface area contributed by atoms with E-state index in [0.717, 1.165) is 31.2 Å². The second kappa shape index (κ2) is 8.13. The fourth-order valence-electron chi connectivity index (χ4n) is 3.01. The number of halogens is 2. The monoisotopic (exact) mass is 406 g/mol. The zero-order valence-electron chi connectivity index (χ0n) is 14.1. The first-order valence-corrected chi connectivity index (χ1v) is 9.67. The van der Waals surface area contributed by atoms with E-state index in [1.165, 1.54) is 29.4 Å². The number of carbonyl (C=O) groups excluding carboxylic acids is 1. The van der Waals surface area contributed by atoms with E-state index in [9.17, 15) is 10.1 Å². The summed E-state index contributed by atoms with van der Waals surface area (Å²) in [7, 11) is 1.50. The van der Waals surface area contributed by atoms with Crippen LogP contribution in [0.15, 0.2) is 18.2 Å². The number of rotatable bonds is 4. The lowest BCUT2D eigenvalue weighted by atomic mass is 9.96. The zero-order chi connectivity index (χ0) is 18.7. The van der Waals surface area contributed by atoms with Crippen LogP contribution in [0.25, 0.3) is 6.08 Å². The number of aryl methyl sites for hydroxylation is 1. The molecule has 1 aliphatic carbocycles. The first-order valence-electron chi connectivity index (χ1n) is 8.10. The van der Waals surface area contributed by atoms with E-state index in [1.54, 1.807) is 18.2 Å². The molecular formula is C19H16Cl2N2O2S. The Morgan fingerprint density at radius 3 is 2.85 bits per heavy atom. The molecule has 7 heteroatoms. The Labute approximate surface area is 166 Å². The highest BCUT2D eigenvalue weighted by atomic mass is 35.5. The minimum atomic E-state index is -0.321. The van der Waals surface area contributed by atoms with Crippen molar-refractivity contribution in [1.82, 2.24) is 0 Å². The van der Waals surface area contributed by atoms with Crippen molar-refractivity contribution >= 4 is 51.5 Å². The number of thiophene rings is 1. The van der Waals surface area contributed by atoms with Crippen LogP contribution in [-0.4, -0.2) is 13.0 Å². The van der Waals surface area contributed by atoms with Crippen LogP contribution in [0.4, 0.5) is 5.00 Å². The molecular weight excluding hydrogens is 391 g/mol. The topological polar surface area (TPSA) is 62.1 Å². The van der Waals surface area contributed by atoms with Crippen LogP contribution < -0.4 is 10.1 Å². The third kappa shape index (κ3) is 3.88. The Balaban J connectivity index is 1.81. The summed E-state index contributed by atoms with van der Waals surface area (Å²) >= 11 is 13.6. The van der Waals surface area contributed by atoms with Gasteiger partial charge in [-0.3, -0.25) is 4.79 Å². The van der Waals surface area contributed by atoms with Crippen molar-refractivity contribution in [2.24, 2.45) is 0 Å². The molecule has 0 spiro atoms. The zero-order valence-corrected chi connectivity index (χ0v) is 16.4. The molecule has 0 radical (unpaired) electrons. The summed E-state index contributed by atoms with van der Waals surface area (Å²) in [6.07, 6.45) is 7.05. The minimum Gasteiger partial charge on any atom is -0.495 e. The summed E-state index contributed by atoms with van der Waals surface area (Å²) in [6.45, 7) is 0. The molecule has 0 saturated heterocycles. The molecule has 0 unspecified atom stereocenters. The minimum absolute atomic E-state index is 0.321. The molecule has 0 saturated carbocycles. The molecule has 4 nitrogen and oxygen atoms in total. The molecule has 1 aliphatic rings. The fourth-order valence-corrected chi connectivity index (χ4v) is 4.84. The molecule has 1 N–H and O–H groups in total. The third-order valence-electron chi connectivity index (χ3n) is 4.18. The average Bonchev–Trinajstić information content (AvgIpc) is 2.96. The van der Waals surface area contributed by atoms with Crippen molar-refractivity contribution in [1.29, 1.82) is 5.26 Å². The van der Waals surface area contributed by atoms with Crippen LogP contribution in [0, 0.1) is 11.3 Å². The predicted octanol–water partition coefficient (Wildman–Crippen LogP) is 5.47. The Morgan fingerprint density at radius 1 is 1.35 bits per heavy atom. The maximum atomic E-state index is 12.3. The summed E-state index contributed by atoms with van der Waals surface area (Å²) in [5, 5.41) is 13.7. The highest BCUT2D eigenvalue weighted by molar-refractivity contribution is 7.16. The van der Waals surface area contributed by atoms with Gasteiger partial charge in [-0.1, -0.05) is 23.2 Å². The summed E-state index contributed by atoms with van der Waals surface area (Å²) < 4.78 is 5.26. The molecule has 0 atom stereocenters. The Morgan fingerprint density at radius 2 is 2.12 bits per heavy atom. The average molecular weight is 407 g/mol. The van der Waals surface area contributed by atoms with Gasteiger partial charge in [0.2, 0.25) is 5.91 Å². The van der Waals surface area contributed by atoms with Crippen LogP contribution in [0.2, 0.25) is 10.0 Å². The number of benzene rings is 1. The Bertz CT molecular complexity index is 929. The smallest absolute Gasteiger partial charge is 0.249 e. The third-order valence-corrected chi connectivity index (χ3v) is 5.88. The number of carbonyl (C=O) groups is 1. The standard InChI is InChI=1S/C19H16Cl2N2O2S/c1-25-18-11(8-12(20)9-15(18)21)6-7-17(24)23-19-14(10-22)13-4-2-3-5-16(13)26-19/h6-9H,2-5H2,1H3,(H,23,24)/b7-6+. The lowest BCUT2D eigenvalue weighted by Crippen LogP contribution is -2.08. The normalized spacial score (nSPS) is 13.3. The summed E-state index contributed by atoms with van der Waals surface area (Å²) in [6, 6.07) is 5.48. The number of anilines is 1. The van der Waals surface area contributed by atoms with Crippen LogP contribution in [-0.2, 0) is 17.6 Å². The highest BCUT2D eigenvalue weighted by Crippen LogP contribution is 2.37. The quantitative estimate of drug-likeness (QED) is 0.684. The van der Waals surface area contributed by atoms with E-state index >= 15 is 0 Å². The van der Waals surface area contributed by atoms with E-state index in [0.29, 0.717) is 31.9 Å². The molecule has 2 aromatic rings. The summed E-state index contributed by atoms with van der Waals surface area (Å²) in [5.74, 6) is 0.127. The number of ether oxygens (including phenoxy) is 1. The van der Waals surface area contributed by atoms with Crippen molar-refractivity contribution in [3.63, 3.8) is 0 Å². The van der Waals surface area contributed by atoms with Gasteiger partial charge < -0.3 is 10.1 Å². The van der Waals surface area contributed by atoms with Crippen molar-refractivity contribution < 1.29 is 9.53 Å². The Kier molecular flexibility index (Phi) is 5.87. The van der Waals surface area contributed by atoms with Crippen LogP contribution >= 0.6 is 34.5 Å². The molecule has 26 heavy (non-hydrogen) atoms. The number of nitriles is 1. The second-order valence-corrected chi connectivity index (χ2v) is 7.81.